The quantitative estimate of drug-likeness (QED) is 0.353. The van der Waals surface area contributed by atoms with E-state index in [1.807, 2.05) is 25.1 Å². The summed E-state index contributed by atoms with van der Waals surface area (Å²) in [6, 6.07) is 11.8. The molecular formula is C27H32N2O6. The van der Waals surface area contributed by atoms with Crippen LogP contribution >= 0.6 is 0 Å². The standard InChI is InChI=1S/C27H32N2O6/c1-18-17-19(33-2)9-10-20(18)25(30)23-24(21-7-4-5-8-22(21)34-3)29(27(32)26(23)31)12-6-11-28-13-15-35-16-14-28/h4-5,7-10,17,24,30H,6,11-16H2,1-3H3/b25-23+/t24-/m0/s1. The summed E-state index contributed by atoms with van der Waals surface area (Å²) in [6.45, 7) is 6.11. The highest BCUT2D eigenvalue weighted by molar-refractivity contribution is 6.46. The number of hydrogen-bond donors (Lipinski definition) is 1. The van der Waals surface area contributed by atoms with E-state index in [-0.39, 0.29) is 11.3 Å². The molecular weight excluding hydrogens is 448 g/mol. The molecule has 2 saturated heterocycles. The number of carbonyl (C=O) groups excluding carboxylic acids is 2. The maximum absolute atomic E-state index is 13.3. The number of morpholine rings is 1. The number of benzene rings is 2. The van der Waals surface area contributed by atoms with Crippen molar-refractivity contribution in [3.8, 4) is 11.5 Å². The maximum atomic E-state index is 13.3. The van der Waals surface area contributed by atoms with E-state index in [0.717, 1.165) is 25.2 Å². The second kappa shape index (κ2) is 10.9. The van der Waals surface area contributed by atoms with Gasteiger partial charge in [-0.25, -0.2) is 0 Å². The topological polar surface area (TPSA) is 88.5 Å². The molecule has 4 rings (SSSR count). The molecule has 0 bridgehead atoms. The molecule has 8 heteroatoms. The van der Waals surface area contributed by atoms with Crippen LogP contribution in [0.5, 0.6) is 11.5 Å². The summed E-state index contributed by atoms with van der Waals surface area (Å²) in [7, 11) is 3.12. The zero-order valence-corrected chi connectivity index (χ0v) is 20.5. The van der Waals surface area contributed by atoms with Gasteiger partial charge in [0.25, 0.3) is 11.7 Å². The zero-order chi connectivity index (χ0) is 24.9. The van der Waals surface area contributed by atoms with E-state index in [1.165, 1.54) is 0 Å². The van der Waals surface area contributed by atoms with Crippen molar-refractivity contribution in [2.75, 3.05) is 53.6 Å². The predicted molar refractivity (Wildman–Crippen MR) is 132 cm³/mol. The maximum Gasteiger partial charge on any atom is 0.295 e. The first kappa shape index (κ1) is 24.8. The van der Waals surface area contributed by atoms with Gasteiger partial charge in [-0.15, -0.1) is 0 Å². The van der Waals surface area contributed by atoms with Crippen LogP contribution in [0.1, 0.15) is 29.2 Å². The molecule has 2 aromatic carbocycles. The zero-order valence-electron chi connectivity index (χ0n) is 20.5. The molecule has 0 unspecified atom stereocenters. The van der Waals surface area contributed by atoms with E-state index < -0.39 is 17.7 Å². The van der Waals surface area contributed by atoms with Crippen LogP contribution in [0.4, 0.5) is 0 Å². The lowest BCUT2D eigenvalue weighted by atomic mass is 9.93. The van der Waals surface area contributed by atoms with Gasteiger partial charge in [0.15, 0.2) is 0 Å². The molecule has 0 spiro atoms. The number of carbonyl (C=O) groups is 2. The Morgan fingerprint density at radius 3 is 2.49 bits per heavy atom. The Labute approximate surface area is 205 Å². The average molecular weight is 481 g/mol. The molecule has 2 heterocycles. The summed E-state index contributed by atoms with van der Waals surface area (Å²) in [5.74, 6) is -0.315. The number of methoxy groups -OCH3 is 2. The molecule has 0 saturated carbocycles. The molecule has 1 amide bonds. The van der Waals surface area contributed by atoms with Crippen LogP contribution in [0.15, 0.2) is 48.0 Å². The normalized spacial score (nSPS) is 20.3. The molecule has 0 aromatic heterocycles. The molecule has 2 aliphatic rings. The molecule has 35 heavy (non-hydrogen) atoms. The van der Waals surface area contributed by atoms with Gasteiger partial charge in [-0.3, -0.25) is 14.5 Å². The fraction of sp³-hybridized carbons (Fsp3) is 0.407. The van der Waals surface area contributed by atoms with Crippen molar-refractivity contribution in [1.29, 1.82) is 0 Å². The van der Waals surface area contributed by atoms with Crippen LogP contribution < -0.4 is 9.47 Å². The number of nitrogens with zero attached hydrogens (tertiary/aromatic N) is 2. The molecule has 8 nitrogen and oxygen atoms in total. The third kappa shape index (κ3) is 5.04. The highest BCUT2D eigenvalue weighted by Gasteiger charge is 2.46. The smallest absolute Gasteiger partial charge is 0.295 e. The van der Waals surface area contributed by atoms with Crippen molar-refractivity contribution in [2.24, 2.45) is 0 Å². The van der Waals surface area contributed by atoms with Crippen LogP contribution in [-0.2, 0) is 14.3 Å². The lowest BCUT2D eigenvalue weighted by molar-refractivity contribution is -0.140. The summed E-state index contributed by atoms with van der Waals surface area (Å²) in [4.78, 5) is 30.4. The lowest BCUT2D eigenvalue weighted by Crippen LogP contribution is -2.39. The number of Topliss-reactive ketones (excluding diaryl/α,β-unsaturated/α-hetero) is 1. The average Bonchev–Trinajstić information content (AvgIpc) is 3.13. The summed E-state index contributed by atoms with van der Waals surface area (Å²) >= 11 is 0. The summed E-state index contributed by atoms with van der Waals surface area (Å²) in [5, 5.41) is 11.4. The van der Waals surface area contributed by atoms with Crippen LogP contribution in [0, 0.1) is 6.92 Å². The number of rotatable bonds is 8. The molecule has 2 aliphatic heterocycles. The van der Waals surface area contributed by atoms with Gasteiger partial charge in [0, 0.05) is 37.3 Å². The van der Waals surface area contributed by atoms with Gasteiger partial charge < -0.3 is 24.2 Å². The summed E-state index contributed by atoms with van der Waals surface area (Å²) in [6.07, 6.45) is 0.695. The van der Waals surface area contributed by atoms with Crippen LogP contribution in [0.3, 0.4) is 0 Å². The second-order valence-corrected chi connectivity index (χ2v) is 8.72. The number of hydrogen-bond acceptors (Lipinski definition) is 7. The van der Waals surface area contributed by atoms with E-state index in [9.17, 15) is 14.7 Å². The summed E-state index contributed by atoms with van der Waals surface area (Å²) in [5.41, 5.74) is 1.95. The predicted octanol–water partition coefficient (Wildman–Crippen LogP) is 3.16. The largest absolute Gasteiger partial charge is 0.507 e. The Kier molecular flexibility index (Phi) is 7.73. The molecule has 1 N–H and O–H groups in total. The Bertz CT molecular complexity index is 1120. The summed E-state index contributed by atoms with van der Waals surface area (Å²) < 4.78 is 16.3. The Balaban J connectivity index is 1.73. The second-order valence-electron chi connectivity index (χ2n) is 8.72. The first-order chi connectivity index (χ1) is 17.0. The van der Waals surface area contributed by atoms with Gasteiger partial charge in [-0.05, 0) is 43.2 Å². The van der Waals surface area contributed by atoms with Crippen molar-refractivity contribution in [3.05, 3.63) is 64.7 Å². The van der Waals surface area contributed by atoms with E-state index in [0.29, 0.717) is 48.8 Å². The fourth-order valence-corrected chi connectivity index (χ4v) is 4.79. The Hall–Kier alpha value is -3.36. The van der Waals surface area contributed by atoms with Crippen molar-refractivity contribution in [3.63, 3.8) is 0 Å². The number of aliphatic hydroxyl groups excluding tert-OH is 1. The number of aliphatic hydroxyl groups is 1. The fourth-order valence-electron chi connectivity index (χ4n) is 4.79. The van der Waals surface area contributed by atoms with Gasteiger partial charge in [-0.2, -0.15) is 0 Å². The highest BCUT2D eigenvalue weighted by atomic mass is 16.5. The first-order valence-electron chi connectivity index (χ1n) is 11.8. The third-order valence-corrected chi connectivity index (χ3v) is 6.64. The Morgan fingerprint density at radius 2 is 1.80 bits per heavy atom. The van der Waals surface area contributed by atoms with Gasteiger partial charge in [0.1, 0.15) is 17.3 Å². The first-order valence-corrected chi connectivity index (χ1v) is 11.8. The number of ether oxygens (including phenoxy) is 3. The van der Waals surface area contributed by atoms with E-state index in [1.54, 1.807) is 43.4 Å². The van der Waals surface area contributed by atoms with Crippen molar-refractivity contribution < 1.29 is 28.9 Å². The number of amides is 1. The molecule has 0 radical (unpaired) electrons. The van der Waals surface area contributed by atoms with Gasteiger partial charge in [-0.1, -0.05) is 18.2 Å². The molecule has 0 aliphatic carbocycles. The van der Waals surface area contributed by atoms with E-state index >= 15 is 0 Å². The molecule has 186 valence electrons. The van der Waals surface area contributed by atoms with Crippen molar-refractivity contribution in [1.82, 2.24) is 9.80 Å². The number of aryl methyl sites for hydroxylation is 1. The molecule has 1 atom stereocenters. The van der Waals surface area contributed by atoms with Crippen LogP contribution in [0.2, 0.25) is 0 Å². The SMILES string of the molecule is COc1ccc(/C(O)=C2\C(=O)C(=O)N(CCCN3CCOCC3)[C@H]2c2ccccc2OC)c(C)c1. The monoisotopic (exact) mass is 480 g/mol. The van der Waals surface area contributed by atoms with E-state index in [2.05, 4.69) is 4.90 Å². The van der Waals surface area contributed by atoms with E-state index in [4.69, 9.17) is 14.2 Å². The van der Waals surface area contributed by atoms with Gasteiger partial charge >= 0.3 is 0 Å². The number of likely N-dealkylation sites (tertiary alicyclic amines) is 1. The van der Waals surface area contributed by atoms with Gasteiger partial charge in [0.2, 0.25) is 0 Å². The molecule has 2 aromatic rings. The van der Waals surface area contributed by atoms with Gasteiger partial charge in [0.05, 0.1) is 39.0 Å². The molecule has 2 fully saturated rings. The van der Waals surface area contributed by atoms with Crippen LogP contribution in [0.25, 0.3) is 5.76 Å². The minimum Gasteiger partial charge on any atom is -0.507 e. The van der Waals surface area contributed by atoms with Crippen LogP contribution in [-0.4, -0.2) is 80.2 Å². The Morgan fingerprint density at radius 1 is 1.06 bits per heavy atom. The lowest BCUT2D eigenvalue weighted by Gasteiger charge is -2.29. The third-order valence-electron chi connectivity index (χ3n) is 6.64. The van der Waals surface area contributed by atoms with Crippen molar-refractivity contribution >= 4 is 17.4 Å². The number of para-hydroxylation sites is 1. The highest BCUT2D eigenvalue weighted by Crippen LogP contribution is 2.43. The number of ketones is 1. The minimum atomic E-state index is -0.752. The minimum absolute atomic E-state index is 0.0686. The van der Waals surface area contributed by atoms with Crippen molar-refractivity contribution in [2.45, 2.75) is 19.4 Å².